The van der Waals surface area contributed by atoms with Gasteiger partial charge in [0.25, 0.3) is 0 Å². The lowest BCUT2D eigenvalue weighted by atomic mass is 9.88. The maximum atomic E-state index is 12.2. The molecule has 1 aromatic heterocycles. The molecule has 0 aromatic carbocycles. The number of nitrogens with one attached hydrogen (secondary N) is 1. The molecule has 1 aliphatic heterocycles. The molecule has 2 heterocycles. The van der Waals surface area contributed by atoms with Crippen LogP contribution in [0.25, 0.3) is 0 Å². The quantitative estimate of drug-likeness (QED) is 0.871. The van der Waals surface area contributed by atoms with Crippen molar-refractivity contribution < 1.29 is 9.53 Å². The number of fused-ring (bicyclic) bond motifs is 1. The number of amides is 1. The maximum Gasteiger partial charge on any atom is 0.248 e. The van der Waals surface area contributed by atoms with Gasteiger partial charge in [-0.3, -0.25) is 4.79 Å². The van der Waals surface area contributed by atoms with E-state index in [1.165, 1.54) is 31.5 Å². The SMILES string of the molecule is C[C@@H]1CCC[C@@H](O[C@H](C)C(=O)NCCc2cn3c(n2)CCCC3)C1. The molecule has 1 aromatic rings. The fourth-order valence-corrected chi connectivity index (χ4v) is 3.90. The van der Waals surface area contributed by atoms with E-state index in [1.807, 2.05) is 6.92 Å². The van der Waals surface area contributed by atoms with E-state index >= 15 is 0 Å². The summed E-state index contributed by atoms with van der Waals surface area (Å²) >= 11 is 0. The van der Waals surface area contributed by atoms with E-state index in [9.17, 15) is 4.79 Å². The van der Waals surface area contributed by atoms with Crippen molar-refractivity contribution in [2.45, 2.75) is 84.0 Å². The van der Waals surface area contributed by atoms with Crippen LogP contribution in [0.3, 0.4) is 0 Å². The van der Waals surface area contributed by atoms with Crippen LogP contribution in [0.2, 0.25) is 0 Å². The molecule has 0 bridgehead atoms. The molecule has 0 unspecified atom stereocenters. The topological polar surface area (TPSA) is 56.1 Å². The number of aromatic nitrogens is 2. The van der Waals surface area contributed by atoms with Crippen molar-refractivity contribution in [2.24, 2.45) is 5.92 Å². The second kappa shape index (κ2) is 8.15. The Morgan fingerprint density at radius 3 is 3.08 bits per heavy atom. The van der Waals surface area contributed by atoms with Gasteiger partial charge in [-0.25, -0.2) is 4.98 Å². The summed E-state index contributed by atoms with van der Waals surface area (Å²) in [5.41, 5.74) is 1.09. The van der Waals surface area contributed by atoms with Crippen molar-refractivity contribution >= 4 is 5.91 Å². The monoisotopic (exact) mass is 333 g/mol. The molecule has 2 aliphatic rings. The normalized spacial score (nSPS) is 25.1. The molecule has 24 heavy (non-hydrogen) atoms. The molecule has 1 N–H and O–H groups in total. The Morgan fingerprint density at radius 2 is 2.29 bits per heavy atom. The highest BCUT2D eigenvalue weighted by Crippen LogP contribution is 2.26. The third-order valence-electron chi connectivity index (χ3n) is 5.29. The van der Waals surface area contributed by atoms with Crippen molar-refractivity contribution in [3.8, 4) is 0 Å². The van der Waals surface area contributed by atoms with Crippen molar-refractivity contribution in [3.63, 3.8) is 0 Å². The fraction of sp³-hybridized carbons (Fsp3) is 0.789. The van der Waals surface area contributed by atoms with Crippen LogP contribution in [0.4, 0.5) is 0 Å². The van der Waals surface area contributed by atoms with E-state index in [-0.39, 0.29) is 18.1 Å². The zero-order valence-electron chi connectivity index (χ0n) is 15.1. The van der Waals surface area contributed by atoms with Gasteiger partial charge in [0.15, 0.2) is 0 Å². The smallest absolute Gasteiger partial charge is 0.248 e. The number of nitrogens with zero attached hydrogens (tertiary/aromatic N) is 2. The molecule has 0 spiro atoms. The molecule has 1 fully saturated rings. The first kappa shape index (κ1) is 17.5. The van der Waals surface area contributed by atoms with Crippen LogP contribution < -0.4 is 5.32 Å². The first-order valence-corrected chi connectivity index (χ1v) is 9.60. The second-order valence-corrected chi connectivity index (χ2v) is 7.51. The Hall–Kier alpha value is -1.36. The van der Waals surface area contributed by atoms with Gasteiger partial charge in [-0.1, -0.05) is 19.8 Å². The Bertz CT molecular complexity index is 531. The van der Waals surface area contributed by atoms with Gasteiger partial charge in [-0.2, -0.15) is 0 Å². The number of hydrogen-bond donors (Lipinski definition) is 1. The van der Waals surface area contributed by atoms with Crippen molar-refractivity contribution in [1.29, 1.82) is 0 Å². The lowest BCUT2D eigenvalue weighted by molar-refractivity contribution is -0.137. The summed E-state index contributed by atoms with van der Waals surface area (Å²) in [4.78, 5) is 16.9. The van der Waals surface area contributed by atoms with Crippen molar-refractivity contribution in [2.75, 3.05) is 6.54 Å². The van der Waals surface area contributed by atoms with Gasteiger partial charge in [0.1, 0.15) is 11.9 Å². The minimum absolute atomic E-state index is 0.00259. The number of aryl methyl sites for hydroxylation is 2. The van der Waals surface area contributed by atoms with Crippen LogP contribution in [0.1, 0.15) is 63.9 Å². The van der Waals surface area contributed by atoms with Crippen LogP contribution in [0, 0.1) is 5.92 Å². The second-order valence-electron chi connectivity index (χ2n) is 7.51. The van der Waals surface area contributed by atoms with Crippen LogP contribution in [0.5, 0.6) is 0 Å². The maximum absolute atomic E-state index is 12.2. The summed E-state index contributed by atoms with van der Waals surface area (Å²) < 4.78 is 8.22. The molecule has 1 amide bonds. The fourth-order valence-electron chi connectivity index (χ4n) is 3.90. The summed E-state index contributed by atoms with van der Waals surface area (Å²) in [6.45, 7) is 5.85. The van der Waals surface area contributed by atoms with Gasteiger partial charge in [-0.05, 0) is 38.5 Å². The van der Waals surface area contributed by atoms with E-state index in [2.05, 4.69) is 28.0 Å². The molecular formula is C19H31N3O2. The van der Waals surface area contributed by atoms with E-state index in [4.69, 9.17) is 4.74 Å². The number of rotatable bonds is 6. The summed E-state index contributed by atoms with van der Waals surface area (Å²) in [7, 11) is 0. The third-order valence-corrected chi connectivity index (χ3v) is 5.29. The van der Waals surface area contributed by atoms with Gasteiger partial charge < -0.3 is 14.6 Å². The highest BCUT2D eigenvalue weighted by atomic mass is 16.5. The first-order valence-electron chi connectivity index (χ1n) is 9.60. The van der Waals surface area contributed by atoms with E-state index in [0.29, 0.717) is 12.5 Å². The van der Waals surface area contributed by atoms with Gasteiger partial charge in [0, 0.05) is 32.1 Å². The average molecular weight is 333 g/mol. The zero-order valence-corrected chi connectivity index (χ0v) is 15.1. The lowest BCUT2D eigenvalue weighted by Crippen LogP contribution is -2.38. The molecular weight excluding hydrogens is 302 g/mol. The molecule has 3 rings (SSSR count). The highest BCUT2D eigenvalue weighted by Gasteiger charge is 2.24. The Morgan fingerprint density at radius 1 is 1.42 bits per heavy atom. The summed E-state index contributed by atoms with van der Waals surface area (Å²) in [6.07, 6.45) is 11.0. The minimum Gasteiger partial charge on any atom is -0.365 e. The van der Waals surface area contributed by atoms with Crippen LogP contribution in [0.15, 0.2) is 6.20 Å². The average Bonchev–Trinajstić information content (AvgIpc) is 2.97. The molecule has 3 atom stereocenters. The largest absolute Gasteiger partial charge is 0.365 e. The molecule has 1 saturated carbocycles. The minimum atomic E-state index is -0.365. The Balaban J connectivity index is 1.39. The molecule has 134 valence electrons. The number of carbonyl (C=O) groups is 1. The third kappa shape index (κ3) is 4.59. The van der Waals surface area contributed by atoms with Crippen molar-refractivity contribution in [3.05, 3.63) is 17.7 Å². The van der Waals surface area contributed by atoms with E-state index < -0.39 is 0 Å². The van der Waals surface area contributed by atoms with Crippen LogP contribution >= 0.6 is 0 Å². The first-order chi connectivity index (χ1) is 11.6. The van der Waals surface area contributed by atoms with E-state index in [1.54, 1.807) is 0 Å². The van der Waals surface area contributed by atoms with Crippen LogP contribution in [-0.4, -0.2) is 34.2 Å². The van der Waals surface area contributed by atoms with Gasteiger partial charge >= 0.3 is 0 Å². The Labute approximate surface area is 145 Å². The lowest BCUT2D eigenvalue weighted by Gasteiger charge is -2.28. The predicted octanol–water partition coefficient (Wildman–Crippen LogP) is 2.86. The van der Waals surface area contributed by atoms with Gasteiger partial charge in [-0.15, -0.1) is 0 Å². The van der Waals surface area contributed by atoms with Gasteiger partial charge in [0.05, 0.1) is 11.8 Å². The molecule has 5 heteroatoms. The van der Waals surface area contributed by atoms with Gasteiger partial charge in [0.2, 0.25) is 5.91 Å². The number of ether oxygens (including phenoxy) is 1. The summed E-state index contributed by atoms with van der Waals surface area (Å²) in [5.74, 6) is 1.91. The predicted molar refractivity (Wildman–Crippen MR) is 93.8 cm³/mol. The number of carbonyl (C=O) groups excluding carboxylic acids is 1. The highest BCUT2D eigenvalue weighted by molar-refractivity contribution is 5.80. The van der Waals surface area contributed by atoms with E-state index in [0.717, 1.165) is 37.9 Å². The van der Waals surface area contributed by atoms with Crippen LogP contribution in [-0.2, 0) is 28.9 Å². The number of hydrogen-bond acceptors (Lipinski definition) is 3. The standard InChI is InChI=1S/C19H31N3O2/c1-14-6-5-7-17(12-14)24-15(2)19(23)20-10-9-16-13-22-11-4-3-8-18(22)21-16/h13-15,17H,3-12H2,1-2H3,(H,20,23)/t14-,15-,17-/m1/s1. The summed E-state index contributed by atoms with van der Waals surface area (Å²) in [5, 5.41) is 3.00. The molecule has 1 aliphatic carbocycles. The zero-order chi connectivity index (χ0) is 16.9. The molecule has 0 radical (unpaired) electrons. The number of imidazole rings is 1. The summed E-state index contributed by atoms with van der Waals surface area (Å²) in [6, 6.07) is 0. The molecule has 5 nitrogen and oxygen atoms in total. The molecule has 0 saturated heterocycles. The Kier molecular flexibility index (Phi) is 5.93. The van der Waals surface area contributed by atoms with Crippen molar-refractivity contribution in [1.82, 2.24) is 14.9 Å².